The van der Waals surface area contributed by atoms with Gasteiger partial charge in [0.2, 0.25) is 5.88 Å². The van der Waals surface area contributed by atoms with Gasteiger partial charge in [0.05, 0.1) is 35.7 Å². The molecule has 3 aromatic rings. The minimum absolute atomic E-state index is 0.128. The van der Waals surface area contributed by atoms with E-state index in [0.29, 0.717) is 29.4 Å². The lowest BCUT2D eigenvalue weighted by Crippen LogP contribution is -2.29. The van der Waals surface area contributed by atoms with E-state index >= 15 is 0 Å². The molecule has 186 valence electrons. The van der Waals surface area contributed by atoms with Crippen LogP contribution in [0.4, 0.5) is 14.5 Å². The van der Waals surface area contributed by atoms with Gasteiger partial charge in [-0.25, -0.2) is 18.3 Å². The number of halogens is 2. The van der Waals surface area contributed by atoms with E-state index in [1.54, 1.807) is 30.6 Å². The van der Waals surface area contributed by atoms with E-state index in [9.17, 15) is 18.7 Å². The summed E-state index contributed by atoms with van der Waals surface area (Å²) in [6, 6.07) is 7.27. The van der Waals surface area contributed by atoms with Crippen LogP contribution >= 0.6 is 0 Å². The van der Waals surface area contributed by atoms with Gasteiger partial charge in [0.15, 0.2) is 11.4 Å². The van der Waals surface area contributed by atoms with Gasteiger partial charge in [-0.05, 0) is 51.2 Å². The van der Waals surface area contributed by atoms with Crippen molar-refractivity contribution >= 4 is 17.1 Å². The summed E-state index contributed by atoms with van der Waals surface area (Å²) in [6.45, 7) is 5.39. The van der Waals surface area contributed by atoms with E-state index in [0.717, 1.165) is 29.5 Å². The Hall–Kier alpha value is -3.07. The number of carbonyl (C=O) groups is 1. The van der Waals surface area contributed by atoms with Gasteiger partial charge in [-0.2, -0.15) is 0 Å². The van der Waals surface area contributed by atoms with Crippen LogP contribution in [0.2, 0.25) is 0 Å². The van der Waals surface area contributed by atoms with Crippen LogP contribution in [-0.2, 0) is 0 Å². The molecule has 2 fully saturated rings. The molecule has 2 aliphatic carbocycles. The number of aliphatic hydroxyl groups is 1. The zero-order chi connectivity index (χ0) is 25.0. The maximum atomic E-state index is 13.3. The summed E-state index contributed by atoms with van der Waals surface area (Å²) < 4.78 is 33.9. The van der Waals surface area contributed by atoms with Gasteiger partial charge in [0.25, 0.3) is 5.92 Å². The summed E-state index contributed by atoms with van der Waals surface area (Å²) >= 11 is 0. The molecule has 9 heteroatoms. The number of carbonyl (C=O) groups excluding carboxylic acids is 1. The van der Waals surface area contributed by atoms with Crippen molar-refractivity contribution in [1.82, 2.24) is 14.6 Å². The van der Waals surface area contributed by atoms with Crippen molar-refractivity contribution in [2.24, 2.45) is 11.8 Å². The molecule has 1 aromatic carbocycles. The van der Waals surface area contributed by atoms with Gasteiger partial charge >= 0.3 is 0 Å². The molecule has 0 amide bonds. The molecule has 35 heavy (non-hydrogen) atoms. The Morgan fingerprint density at radius 1 is 1.31 bits per heavy atom. The maximum Gasteiger partial charge on any atom is 0.255 e. The smallest absolute Gasteiger partial charge is 0.255 e. The maximum absolute atomic E-state index is 13.3. The second-order valence-electron chi connectivity index (χ2n) is 10.5. The number of hydrogen-bond donors (Lipinski definition) is 2. The summed E-state index contributed by atoms with van der Waals surface area (Å²) in [4.78, 5) is 17.1. The molecule has 2 aliphatic rings. The number of nitrogens with one attached hydrogen (secondary N) is 1. The minimum atomic E-state index is -2.68. The van der Waals surface area contributed by atoms with Crippen molar-refractivity contribution in [3.63, 3.8) is 0 Å². The average Bonchev–Trinajstić information content (AvgIpc) is 3.65. The van der Waals surface area contributed by atoms with Crippen LogP contribution in [0.15, 0.2) is 30.5 Å². The third-order valence-corrected chi connectivity index (χ3v) is 6.54. The van der Waals surface area contributed by atoms with Gasteiger partial charge in [0.1, 0.15) is 0 Å². The lowest BCUT2D eigenvalue weighted by Gasteiger charge is -2.19. The molecule has 0 bridgehead atoms. The lowest BCUT2D eigenvalue weighted by atomic mass is 9.98. The van der Waals surface area contributed by atoms with Crippen LogP contribution in [-0.4, -0.2) is 50.2 Å². The van der Waals surface area contributed by atoms with Crippen LogP contribution in [0.5, 0.6) is 5.88 Å². The van der Waals surface area contributed by atoms with E-state index in [2.05, 4.69) is 15.4 Å². The van der Waals surface area contributed by atoms with E-state index in [-0.39, 0.29) is 31.2 Å². The Balaban J connectivity index is 1.47. The molecule has 2 aromatic heterocycles. The predicted molar refractivity (Wildman–Crippen MR) is 128 cm³/mol. The van der Waals surface area contributed by atoms with Crippen molar-refractivity contribution in [2.75, 3.05) is 18.5 Å². The number of anilines is 1. The van der Waals surface area contributed by atoms with Gasteiger partial charge in [0, 0.05) is 36.6 Å². The average molecular weight is 485 g/mol. The number of rotatable bonds is 10. The number of benzene rings is 1. The number of ether oxygens (including phenoxy) is 1. The number of aromatic nitrogens is 3. The Labute approximate surface area is 202 Å². The first-order valence-corrected chi connectivity index (χ1v) is 12.0. The van der Waals surface area contributed by atoms with Crippen LogP contribution in [0.1, 0.15) is 55.5 Å². The van der Waals surface area contributed by atoms with Crippen LogP contribution in [0, 0.1) is 18.8 Å². The second kappa shape index (κ2) is 8.55. The number of alkyl halides is 2. The summed E-state index contributed by atoms with van der Waals surface area (Å²) in [5, 5.41) is 17.8. The van der Waals surface area contributed by atoms with Gasteiger partial charge in [-0.15, -0.1) is 5.10 Å². The first-order valence-electron chi connectivity index (χ1n) is 12.0. The second-order valence-corrected chi connectivity index (χ2v) is 10.5. The third kappa shape index (κ3) is 5.29. The summed E-state index contributed by atoms with van der Waals surface area (Å²) in [5.41, 5.74) is 3.21. The Bertz CT molecular complexity index is 1280. The van der Waals surface area contributed by atoms with Crippen molar-refractivity contribution in [3.8, 4) is 17.1 Å². The highest BCUT2D eigenvalue weighted by atomic mass is 19.3. The van der Waals surface area contributed by atoms with Crippen molar-refractivity contribution in [2.45, 2.75) is 58.0 Å². The molecular formula is C26H30F2N4O3. The van der Waals surface area contributed by atoms with Gasteiger partial charge in [-0.1, -0.05) is 12.1 Å². The summed E-state index contributed by atoms with van der Waals surface area (Å²) in [5.74, 6) is -2.61. The van der Waals surface area contributed by atoms with Gasteiger partial charge < -0.3 is 15.2 Å². The normalized spacial score (nSPS) is 19.1. The highest BCUT2D eigenvalue weighted by molar-refractivity contribution is 5.98. The number of Topliss-reactive ketones (excluding diaryl/α,β-unsaturated/α-hetero) is 1. The Kier molecular flexibility index (Phi) is 5.78. The molecule has 2 saturated carbocycles. The number of ketones is 1. The molecule has 1 unspecified atom stereocenters. The van der Waals surface area contributed by atoms with E-state index in [1.165, 1.54) is 0 Å². The summed E-state index contributed by atoms with van der Waals surface area (Å²) in [7, 11) is 0. The first kappa shape index (κ1) is 23.7. The Morgan fingerprint density at radius 3 is 2.69 bits per heavy atom. The monoisotopic (exact) mass is 484 g/mol. The number of nitrogens with zero attached hydrogens (tertiary/aromatic N) is 3. The fraction of sp³-hybridized carbons (Fsp3) is 0.500. The molecule has 2 N–H and O–H groups in total. The molecular weight excluding hydrogens is 454 g/mol. The highest BCUT2D eigenvalue weighted by Gasteiger charge is 2.57. The SMILES string of the molecule is Cc1cc(-c2cnc3c(NCC(C)(C)O)cc(OCC4CC4(F)F)nn23)ccc1C(=O)CC1CC1. The lowest BCUT2D eigenvalue weighted by molar-refractivity contribution is 0.0846. The third-order valence-electron chi connectivity index (χ3n) is 6.54. The molecule has 0 radical (unpaired) electrons. The largest absolute Gasteiger partial charge is 0.476 e. The molecule has 1 atom stereocenters. The van der Waals surface area contributed by atoms with E-state index in [4.69, 9.17) is 4.74 Å². The van der Waals surface area contributed by atoms with E-state index in [1.807, 2.05) is 25.1 Å². The standard InChI is InChI=1S/C26H30F2N4O3/c1-15-8-17(6-7-19(15)22(33)9-16-4-5-16)21-12-29-24-20(30-14-25(2,3)34)10-23(31-32(21)24)35-13-18-11-26(18,27)28/h6-8,10,12,16,18,30,34H,4-5,9,11,13-14H2,1-3H3. The minimum Gasteiger partial charge on any atom is -0.476 e. The van der Waals surface area contributed by atoms with Crippen molar-refractivity contribution < 1.29 is 23.4 Å². The summed E-state index contributed by atoms with van der Waals surface area (Å²) in [6.07, 6.45) is 4.34. The quantitative estimate of drug-likeness (QED) is 0.398. The Morgan fingerprint density at radius 2 is 2.06 bits per heavy atom. The highest BCUT2D eigenvalue weighted by Crippen LogP contribution is 2.48. The first-order chi connectivity index (χ1) is 16.5. The van der Waals surface area contributed by atoms with Crippen LogP contribution in [0.3, 0.4) is 0 Å². The van der Waals surface area contributed by atoms with Crippen LogP contribution < -0.4 is 10.1 Å². The molecule has 5 rings (SSSR count). The molecule has 7 nitrogen and oxygen atoms in total. The zero-order valence-electron chi connectivity index (χ0n) is 20.1. The number of hydrogen-bond acceptors (Lipinski definition) is 6. The fourth-order valence-corrected chi connectivity index (χ4v) is 4.12. The molecule has 0 aliphatic heterocycles. The fourth-order valence-electron chi connectivity index (χ4n) is 4.12. The molecule has 0 saturated heterocycles. The van der Waals surface area contributed by atoms with E-state index < -0.39 is 17.4 Å². The topological polar surface area (TPSA) is 88.8 Å². The van der Waals surface area contributed by atoms with Crippen LogP contribution in [0.25, 0.3) is 16.9 Å². The molecule has 0 spiro atoms. The predicted octanol–water partition coefficient (Wildman–Crippen LogP) is 4.90. The number of imidazole rings is 1. The molecule has 2 heterocycles. The van der Waals surface area contributed by atoms with Crippen molar-refractivity contribution in [1.29, 1.82) is 0 Å². The number of aryl methyl sites for hydroxylation is 1. The van der Waals surface area contributed by atoms with Gasteiger partial charge in [-0.3, -0.25) is 4.79 Å². The zero-order valence-corrected chi connectivity index (χ0v) is 20.1. The van der Waals surface area contributed by atoms with Crippen molar-refractivity contribution in [3.05, 3.63) is 41.6 Å². The number of fused-ring (bicyclic) bond motifs is 1.